The summed E-state index contributed by atoms with van der Waals surface area (Å²) in [6, 6.07) is 5.55. The maximum absolute atomic E-state index is 12.5. The summed E-state index contributed by atoms with van der Waals surface area (Å²) in [7, 11) is 1.77. The van der Waals surface area contributed by atoms with Crippen molar-refractivity contribution in [3.05, 3.63) is 22.7 Å². The zero-order chi connectivity index (χ0) is 14.0. The lowest BCUT2D eigenvalue weighted by Gasteiger charge is -2.25. The van der Waals surface area contributed by atoms with E-state index in [0.717, 1.165) is 23.0 Å². The van der Waals surface area contributed by atoms with Crippen molar-refractivity contribution in [3.63, 3.8) is 0 Å². The minimum absolute atomic E-state index is 0.0339. The quantitative estimate of drug-likeness (QED) is 0.869. The molecule has 2 unspecified atom stereocenters. The molecule has 2 atom stereocenters. The zero-order valence-corrected chi connectivity index (χ0v) is 12.8. The van der Waals surface area contributed by atoms with Gasteiger partial charge in [-0.1, -0.05) is 22.9 Å². The highest BCUT2D eigenvalue weighted by Crippen LogP contribution is 2.30. The topological polar surface area (TPSA) is 55.6 Å². The van der Waals surface area contributed by atoms with Crippen molar-refractivity contribution in [2.45, 2.75) is 25.9 Å². The normalized spacial score (nSPS) is 22.5. The number of halogens is 1. The second-order valence-corrected chi connectivity index (χ2v) is 5.73. The van der Waals surface area contributed by atoms with Crippen LogP contribution in [0.25, 0.3) is 0 Å². The third-order valence-electron chi connectivity index (χ3n) is 3.61. The summed E-state index contributed by atoms with van der Waals surface area (Å²) in [5.74, 6) is 0.0245. The highest BCUT2D eigenvalue weighted by Gasteiger charge is 2.35. The molecular formula is C14H19BrN2O2. The number of carbonyl (C=O) groups excluding carboxylic acids is 1. The van der Waals surface area contributed by atoms with Crippen molar-refractivity contribution in [1.82, 2.24) is 0 Å². The molecule has 1 aliphatic rings. The van der Waals surface area contributed by atoms with Crippen LogP contribution in [0.5, 0.6) is 0 Å². The smallest absolute Gasteiger partial charge is 0.232 e. The van der Waals surface area contributed by atoms with Gasteiger partial charge in [0, 0.05) is 18.1 Å². The first-order chi connectivity index (χ1) is 9.04. The maximum Gasteiger partial charge on any atom is 0.232 e. The fourth-order valence-electron chi connectivity index (χ4n) is 2.53. The molecule has 5 heteroatoms. The molecule has 0 radical (unpaired) electrons. The molecule has 4 nitrogen and oxygen atoms in total. The van der Waals surface area contributed by atoms with Crippen LogP contribution in [0.4, 0.5) is 11.4 Å². The molecule has 0 saturated carbocycles. The van der Waals surface area contributed by atoms with Gasteiger partial charge in [-0.15, -0.1) is 0 Å². The number of anilines is 2. The lowest BCUT2D eigenvalue weighted by atomic mass is 9.98. The van der Waals surface area contributed by atoms with Crippen LogP contribution in [-0.4, -0.2) is 25.7 Å². The van der Waals surface area contributed by atoms with Crippen LogP contribution >= 0.6 is 15.9 Å². The molecule has 0 bridgehead atoms. The second-order valence-electron chi connectivity index (χ2n) is 4.81. The van der Waals surface area contributed by atoms with Gasteiger partial charge in [0.15, 0.2) is 0 Å². The van der Waals surface area contributed by atoms with Gasteiger partial charge >= 0.3 is 0 Å². The van der Waals surface area contributed by atoms with Crippen LogP contribution in [0, 0.1) is 5.92 Å². The Morgan fingerprint density at radius 1 is 1.58 bits per heavy atom. The Balaban J connectivity index is 2.19. The number of benzene rings is 1. The molecule has 104 valence electrons. The summed E-state index contributed by atoms with van der Waals surface area (Å²) in [6.07, 6.45) is 1.68. The molecule has 2 N–H and O–H groups in total. The molecule has 1 amide bonds. The summed E-state index contributed by atoms with van der Waals surface area (Å²) in [5.41, 5.74) is 7.31. The number of rotatable bonds is 3. The van der Waals surface area contributed by atoms with E-state index in [1.807, 2.05) is 25.1 Å². The number of nitrogens with two attached hydrogens (primary N) is 1. The summed E-state index contributed by atoms with van der Waals surface area (Å²) in [4.78, 5) is 14.2. The van der Waals surface area contributed by atoms with Gasteiger partial charge in [0.05, 0.1) is 23.4 Å². The van der Waals surface area contributed by atoms with Gasteiger partial charge in [-0.25, -0.2) is 0 Å². The molecule has 1 fully saturated rings. The highest BCUT2D eigenvalue weighted by molar-refractivity contribution is 9.10. The number of amides is 1. The van der Waals surface area contributed by atoms with Crippen molar-refractivity contribution in [2.75, 3.05) is 24.3 Å². The van der Waals surface area contributed by atoms with Crippen LogP contribution in [0.2, 0.25) is 0 Å². The first-order valence-corrected chi connectivity index (χ1v) is 7.28. The average Bonchev–Trinajstić information content (AvgIpc) is 2.85. The molecule has 0 aliphatic carbocycles. The van der Waals surface area contributed by atoms with Crippen LogP contribution < -0.4 is 10.6 Å². The van der Waals surface area contributed by atoms with Gasteiger partial charge in [-0.2, -0.15) is 0 Å². The fraction of sp³-hybridized carbons (Fsp3) is 0.500. The third-order valence-corrected chi connectivity index (χ3v) is 4.10. The Bertz CT molecular complexity index is 479. The molecule has 1 aliphatic heterocycles. The van der Waals surface area contributed by atoms with E-state index in [0.29, 0.717) is 12.3 Å². The maximum atomic E-state index is 12.5. The minimum atomic E-state index is -0.0574. The van der Waals surface area contributed by atoms with Crippen LogP contribution in [0.1, 0.15) is 19.8 Å². The molecule has 19 heavy (non-hydrogen) atoms. The van der Waals surface area contributed by atoms with Gasteiger partial charge in [-0.05, 0) is 31.0 Å². The van der Waals surface area contributed by atoms with E-state index < -0.39 is 0 Å². The molecule has 1 saturated heterocycles. The largest absolute Gasteiger partial charge is 0.397 e. The first kappa shape index (κ1) is 14.3. The van der Waals surface area contributed by atoms with Gasteiger partial charge in [0.1, 0.15) is 0 Å². The summed E-state index contributed by atoms with van der Waals surface area (Å²) in [5, 5.41) is 0. The van der Waals surface area contributed by atoms with Gasteiger partial charge in [0.25, 0.3) is 0 Å². The molecule has 1 heterocycles. The van der Waals surface area contributed by atoms with Crippen molar-refractivity contribution < 1.29 is 9.53 Å². The van der Waals surface area contributed by atoms with E-state index in [2.05, 4.69) is 15.9 Å². The van der Waals surface area contributed by atoms with Crippen molar-refractivity contribution in [3.8, 4) is 0 Å². The van der Waals surface area contributed by atoms with Crippen molar-refractivity contribution in [1.29, 1.82) is 0 Å². The number of nitrogens with zero attached hydrogens (tertiary/aromatic N) is 1. The molecule has 0 spiro atoms. The Kier molecular flexibility index (Phi) is 4.47. The van der Waals surface area contributed by atoms with E-state index in [9.17, 15) is 4.79 Å². The number of nitrogen functional groups attached to an aromatic ring is 1. The lowest BCUT2D eigenvalue weighted by molar-refractivity contribution is -0.123. The molecule has 1 aromatic carbocycles. The average molecular weight is 327 g/mol. The Labute approximate surface area is 122 Å². The first-order valence-electron chi connectivity index (χ1n) is 6.48. The predicted molar refractivity (Wildman–Crippen MR) is 80.1 cm³/mol. The van der Waals surface area contributed by atoms with E-state index in [1.165, 1.54) is 0 Å². The molecule has 0 aromatic heterocycles. The second kappa shape index (κ2) is 5.92. The van der Waals surface area contributed by atoms with Gasteiger partial charge < -0.3 is 15.4 Å². The van der Waals surface area contributed by atoms with E-state index in [-0.39, 0.29) is 17.9 Å². The molecule has 2 rings (SSSR count). The van der Waals surface area contributed by atoms with E-state index in [4.69, 9.17) is 10.5 Å². The highest BCUT2D eigenvalue weighted by atomic mass is 79.9. The van der Waals surface area contributed by atoms with Crippen molar-refractivity contribution >= 4 is 33.2 Å². The predicted octanol–water partition coefficient (Wildman–Crippen LogP) is 2.81. The number of ether oxygens (including phenoxy) is 1. The summed E-state index contributed by atoms with van der Waals surface area (Å²) < 4.78 is 6.49. The standard InChI is InChI=1S/C14H19BrN2O2/c1-3-13-10(6-7-19-13)14(18)17(2)12-5-4-9(15)8-11(12)16/h4-5,8,10,13H,3,6-7,16H2,1-2H3. The van der Waals surface area contributed by atoms with Crippen LogP contribution in [0.3, 0.4) is 0 Å². The minimum Gasteiger partial charge on any atom is -0.397 e. The molecular weight excluding hydrogens is 308 g/mol. The monoisotopic (exact) mass is 326 g/mol. The van der Waals surface area contributed by atoms with E-state index >= 15 is 0 Å². The van der Waals surface area contributed by atoms with Crippen molar-refractivity contribution in [2.24, 2.45) is 5.92 Å². The lowest BCUT2D eigenvalue weighted by Crippen LogP contribution is -2.37. The van der Waals surface area contributed by atoms with Gasteiger partial charge in [-0.3, -0.25) is 4.79 Å². The SMILES string of the molecule is CCC1OCCC1C(=O)N(C)c1ccc(Br)cc1N. The Morgan fingerprint density at radius 2 is 2.32 bits per heavy atom. The zero-order valence-electron chi connectivity index (χ0n) is 11.2. The number of hydrogen-bond acceptors (Lipinski definition) is 3. The molecule has 1 aromatic rings. The Morgan fingerprint density at radius 3 is 2.95 bits per heavy atom. The number of hydrogen-bond donors (Lipinski definition) is 1. The summed E-state index contributed by atoms with van der Waals surface area (Å²) in [6.45, 7) is 2.71. The van der Waals surface area contributed by atoms with Gasteiger partial charge in [0.2, 0.25) is 5.91 Å². The summed E-state index contributed by atoms with van der Waals surface area (Å²) >= 11 is 3.37. The third kappa shape index (κ3) is 2.92. The van der Waals surface area contributed by atoms with E-state index in [1.54, 1.807) is 11.9 Å². The van der Waals surface area contributed by atoms with Crippen LogP contribution in [0.15, 0.2) is 22.7 Å². The number of carbonyl (C=O) groups is 1. The Hall–Kier alpha value is -1.07. The fourth-order valence-corrected chi connectivity index (χ4v) is 2.91. The van der Waals surface area contributed by atoms with Crippen LogP contribution in [-0.2, 0) is 9.53 Å².